The zero-order valence-corrected chi connectivity index (χ0v) is 15.9. The van der Waals surface area contributed by atoms with Gasteiger partial charge in [0.15, 0.2) is 0 Å². The maximum atomic E-state index is 12.5. The molecule has 3 aromatic carbocycles. The molecule has 4 rings (SSSR count). The van der Waals surface area contributed by atoms with Gasteiger partial charge >= 0.3 is 0 Å². The summed E-state index contributed by atoms with van der Waals surface area (Å²) in [5.41, 5.74) is 4.72. The second-order valence-corrected chi connectivity index (χ2v) is 6.61. The average Bonchev–Trinajstić information content (AvgIpc) is 3.19. The molecule has 3 N–H and O–H groups in total. The van der Waals surface area contributed by atoms with Crippen LogP contribution < -0.4 is 10.6 Å². The van der Waals surface area contributed by atoms with Crippen LogP contribution in [0.3, 0.4) is 0 Å². The van der Waals surface area contributed by atoms with E-state index in [1.54, 1.807) is 31.2 Å². The Morgan fingerprint density at radius 2 is 1.52 bits per heavy atom. The summed E-state index contributed by atoms with van der Waals surface area (Å²) in [6.07, 6.45) is 0.409. The highest BCUT2D eigenvalue weighted by Gasteiger charge is 2.08. The monoisotopic (exact) mass is 384 g/mol. The van der Waals surface area contributed by atoms with E-state index >= 15 is 0 Å². The van der Waals surface area contributed by atoms with E-state index in [0.29, 0.717) is 23.4 Å². The van der Waals surface area contributed by atoms with Crippen molar-refractivity contribution in [1.29, 1.82) is 0 Å². The van der Waals surface area contributed by atoms with Crippen LogP contribution in [0.25, 0.3) is 22.4 Å². The number of carbonyl (C=O) groups excluding carboxylic acids is 2. The lowest BCUT2D eigenvalue weighted by molar-refractivity contribution is -0.115. The molecule has 0 bridgehead atoms. The third-order valence-electron chi connectivity index (χ3n) is 4.56. The molecule has 2 amide bonds. The lowest BCUT2D eigenvalue weighted by Crippen LogP contribution is -2.13. The van der Waals surface area contributed by atoms with Crippen LogP contribution in [0.1, 0.15) is 23.7 Å². The molecule has 29 heavy (non-hydrogen) atoms. The van der Waals surface area contributed by atoms with Crippen molar-refractivity contribution in [2.45, 2.75) is 13.3 Å². The molecule has 4 aromatic rings. The van der Waals surface area contributed by atoms with E-state index in [-0.39, 0.29) is 11.8 Å². The Kier molecular flexibility index (Phi) is 5.07. The van der Waals surface area contributed by atoms with Crippen LogP contribution in [0.4, 0.5) is 11.4 Å². The van der Waals surface area contributed by atoms with Crippen molar-refractivity contribution < 1.29 is 9.59 Å². The Balaban J connectivity index is 1.44. The molecule has 0 saturated carbocycles. The number of aromatic amines is 1. The second-order valence-electron chi connectivity index (χ2n) is 6.61. The van der Waals surface area contributed by atoms with Crippen LogP contribution in [0.2, 0.25) is 0 Å². The molecular weight excluding hydrogens is 364 g/mol. The van der Waals surface area contributed by atoms with Crippen molar-refractivity contribution in [3.63, 3.8) is 0 Å². The average molecular weight is 384 g/mol. The maximum Gasteiger partial charge on any atom is 0.255 e. The van der Waals surface area contributed by atoms with Gasteiger partial charge in [0.25, 0.3) is 5.91 Å². The molecule has 6 nitrogen and oxygen atoms in total. The van der Waals surface area contributed by atoms with Gasteiger partial charge in [0, 0.05) is 28.9 Å². The summed E-state index contributed by atoms with van der Waals surface area (Å²) in [4.78, 5) is 31.8. The minimum atomic E-state index is -0.213. The number of para-hydroxylation sites is 2. The number of hydrogen-bond donors (Lipinski definition) is 3. The summed E-state index contributed by atoms with van der Waals surface area (Å²) in [5.74, 6) is 0.510. The lowest BCUT2D eigenvalue weighted by Gasteiger charge is -2.07. The van der Waals surface area contributed by atoms with E-state index in [2.05, 4.69) is 20.6 Å². The number of H-pyrrole nitrogens is 1. The number of rotatable bonds is 5. The van der Waals surface area contributed by atoms with Gasteiger partial charge in [-0.25, -0.2) is 4.98 Å². The quantitative estimate of drug-likeness (QED) is 0.460. The number of hydrogen-bond acceptors (Lipinski definition) is 3. The van der Waals surface area contributed by atoms with Crippen LogP contribution in [-0.2, 0) is 4.79 Å². The second kappa shape index (κ2) is 7.98. The van der Waals surface area contributed by atoms with Gasteiger partial charge in [-0.05, 0) is 60.7 Å². The fourth-order valence-electron chi connectivity index (χ4n) is 2.96. The molecule has 0 unspecified atom stereocenters. The number of nitrogens with one attached hydrogen (secondary N) is 3. The molecule has 144 valence electrons. The predicted molar refractivity (Wildman–Crippen MR) is 115 cm³/mol. The van der Waals surface area contributed by atoms with Gasteiger partial charge in [-0.15, -0.1) is 0 Å². The number of amides is 2. The summed E-state index contributed by atoms with van der Waals surface area (Å²) < 4.78 is 0. The molecule has 1 heterocycles. The fourth-order valence-corrected chi connectivity index (χ4v) is 2.96. The van der Waals surface area contributed by atoms with Gasteiger partial charge in [0.05, 0.1) is 11.0 Å². The zero-order chi connectivity index (χ0) is 20.2. The smallest absolute Gasteiger partial charge is 0.255 e. The SMILES string of the molecule is CCC(=O)Nc1ccc(C(=O)Nc2ccc(-c3nc4ccccc4[nH]3)cc2)cc1. The number of fused-ring (bicyclic) bond motifs is 1. The van der Waals surface area contributed by atoms with Crippen molar-refractivity contribution in [3.8, 4) is 11.4 Å². The van der Waals surface area contributed by atoms with Gasteiger partial charge in [0.2, 0.25) is 5.91 Å². The van der Waals surface area contributed by atoms with Crippen molar-refractivity contribution in [2.24, 2.45) is 0 Å². The molecule has 0 aliphatic rings. The standard InChI is InChI=1S/C23H20N4O2/c1-2-21(28)24-17-13-9-16(10-14-17)23(29)25-18-11-7-15(8-12-18)22-26-19-5-3-4-6-20(19)27-22/h3-14H,2H2,1H3,(H,24,28)(H,25,29)(H,26,27). The van der Waals surface area contributed by atoms with Crippen LogP contribution in [0, 0.1) is 0 Å². The van der Waals surface area contributed by atoms with Gasteiger partial charge in [-0.2, -0.15) is 0 Å². The first-order chi connectivity index (χ1) is 14.1. The normalized spacial score (nSPS) is 10.7. The molecule has 6 heteroatoms. The summed E-state index contributed by atoms with van der Waals surface area (Å²) in [7, 11) is 0. The highest BCUT2D eigenvalue weighted by atomic mass is 16.2. The van der Waals surface area contributed by atoms with Gasteiger partial charge in [-0.3, -0.25) is 9.59 Å². The highest BCUT2D eigenvalue weighted by Crippen LogP contribution is 2.22. The van der Waals surface area contributed by atoms with Crippen LogP contribution >= 0.6 is 0 Å². The Hall–Kier alpha value is -3.93. The van der Waals surface area contributed by atoms with Crippen LogP contribution in [0.5, 0.6) is 0 Å². The Labute approximate surface area is 168 Å². The summed E-state index contributed by atoms with van der Waals surface area (Å²) in [5, 5.41) is 5.64. The summed E-state index contributed by atoms with van der Waals surface area (Å²) >= 11 is 0. The molecule has 1 aromatic heterocycles. The van der Waals surface area contributed by atoms with E-state index < -0.39 is 0 Å². The first-order valence-electron chi connectivity index (χ1n) is 9.39. The highest BCUT2D eigenvalue weighted by molar-refractivity contribution is 6.04. The van der Waals surface area contributed by atoms with E-state index in [0.717, 1.165) is 22.4 Å². The molecule has 0 radical (unpaired) electrons. The number of anilines is 2. The van der Waals surface area contributed by atoms with Gasteiger partial charge in [0.1, 0.15) is 5.82 Å². The Morgan fingerprint density at radius 3 is 2.21 bits per heavy atom. The number of benzene rings is 3. The molecule has 0 aliphatic carbocycles. The first kappa shape index (κ1) is 18.4. The van der Waals surface area contributed by atoms with Gasteiger partial charge < -0.3 is 15.6 Å². The number of carbonyl (C=O) groups is 2. The van der Waals surface area contributed by atoms with E-state index in [9.17, 15) is 9.59 Å². The largest absolute Gasteiger partial charge is 0.338 e. The van der Waals surface area contributed by atoms with Crippen molar-refractivity contribution in [3.05, 3.63) is 78.4 Å². The number of aromatic nitrogens is 2. The van der Waals surface area contributed by atoms with Crippen LogP contribution in [-0.4, -0.2) is 21.8 Å². The van der Waals surface area contributed by atoms with E-state index in [1.165, 1.54) is 0 Å². The Morgan fingerprint density at radius 1 is 0.862 bits per heavy atom. The van der Waals surface area contributed by atoms with E-state index in [1.807, 2.05) is 48.5 Å². The first-order valence-corrected chi connectivity index (χ1v) is 9.39. The molecule has 0 atom stereocenters. The molecule has 0 fully saturated rings. The topological polar surface area (TPSA) is 86.9 Å². The molecular formula is C23H20N4O2. The summed E-state index contributed by atoms with van der Waals surface area (Å²) in [6, 6.07) is 22.2. The zero-order valence-electron chi connectivity index (χ0n) is 15.9. The fraction of sp³-hybridized carbons (Fsp3) is 0.0870. The number of imidazole rings is 1. The van der Waals surface area contributed by atoms with Crippen molar-refractivity contribution in [2.75, 3.05) is 10.6 Å². The minimum Gasteiger partial charge on any atom is -0.338 e. The summed E-state index contributed by atoms with van der Waals surface area (Å²) in [6.45, 7) is 1.79. The third-order valence-corrected chi connectivity index (χ3v) is 4.56. The van der Waals surface area contributed by atoms with Crippen molar-refractivity contribution >= 4 is 34.2 Å². The number of nitrogens with zero attached hydrogens (tertiary/aromatic N) is 1. The predicted octanol–water partition coefficient (Wildman–Crippen LogP) is 4.83. The molecule has 0 spiro atoms. The third kappa shape index (κ3) is 4.16. The van der Waals surface area contributed by atoms with E-state index in [4.69, 9.17) is 0 Å². The molecule has 0 aliphatic heterocycles. The molecule has 0 saturated heterocycles. The maximum absolute atomic E-state index is 12.5. The Bertz CT molecular complexity index is 1130. The minimum absolute atomic E-state index is 0.0632. The lowest BCUT2D eigenvalue weighted by atomic mass is 10.1. The van der Waals surface area contributed by atoms with Crippen LogP contribution in [0.15, 0.2) is 72.8 Å². The van der Waals surface area contributed by atoms with Gasteiger partial charge in [-0.1, -0.05) is 19.1 Å². The van der Waals surface area contributed by atoms with Crippen molar-refractivity contribution in [1.82, 2.24) is 9.97 Å².